The molecule has 24 rings (SSSR count). The molecule has 0 aromatic heterocycles. The minimum absolute atomic E-state index is 0. The zero-order chi connectivity index (χ0) is 98.9. The van der Waals surface area contributed by atoms with Crippen LogP contribution in [-0.2, 0) is 100.0 Å². The Balaban J connectivity index is 0.000000120. The van der Waals surface area contributed by atoms with Crippen molar-refractivity contribution >= 4 is 53.7 Å². The molecular formula is C116H184AcO22. The first-order valence-electron chi connectivity index (χ1n) is 57.0. The van der Waals surface area contributed by atoms with Gasteiger partial charge in [-0.2, -0.15) is 0 Å². The molecule has 24 fully saturated rings. The number of hydrogen-bond acceptors (Lipinski definition) is 22. The van der Waals surface area contributed by atoms with Gasteiger partial charge in [0.15, 0.2) is 18.9 Å². The van der Waals surface area contributed by atoms with Crippen LogP contribution >= 0.6 is 0 Å². The maximum Gasteiger partial charge on any atom is 0.317 e. The van der Waals surface area contributed by atoms with Gasteiger partial charge in [0.1, 0.15) is 16.8 Å². The molecule has 1 N–H and O–H groups in total. The number of aliphatic hydroxyl groups is 1. The number of cyclic esters (lactones) is 6. The molecule has 0 spiro atoms. The molecule has 23 heteroatoms. The molecule has 18 bridgehead atoms. The van der Waals surface area contributed by atoms with E-state index in [2.05, 4.69) is 118 Å². The number of ether oxygens (including phenoxy) is 12. The second kappa shape index (κ2) is 46.2. The first-order valence-corrected chi connectivity index (χ1v) is 57.0. The van der Waals surface area contributed by atoms with Crippen molar-refractivity contribution in [3.8, 4) is 0 Å². The van der Waals surface area contributed by atoms with Crippen molar-refractivity contribution in [2.24, 2.45) is 249 Å². The first kappa shape index (κ1) is 110. The molecule has 1 radical (unpaired) electrons. The van der Waals surface area contributed by atoms with E-state index < -0.39 is 35.8 Å². The molecule has 24 aliphatic rings. The van der Waals surface area contributed by atoms with Crippen LogP contribution in [0.2, 0.25) is 0 Å². The van der Waals surface area contributed by atoms with E-state index in [-0.39, 0.29) is 157 Å². The molecule has 6 aliphatic heterocycles. The summed E-state index contributed by atoms with van der Waals surface area (Å²) in [5, 5.41) is 10.5. The molecule has 0 aromatic rings. The minimum atomic E-state index is -0.396. The SMILES string of the molecule is CC1C(=O)OC(=O)C1C.CC1C(=O)OC(=O)C1C.CC1C(=O)OC(=O)C1C.CC1C2CC(C(O)CCC3OCCCO3)C(C2)C1C.CC1C2CC(C3OCCO3)C(C2)C1C.CC1C2CC(CC3OCCO3)C(C2)C1C.CCC1(OC(=O)C2CC3CC2C(C)C3C)CC2CCC1C2.CCC1(OC(=O)C2CC3CC2C(C)C3C)CC2CCC1C2.CCC1(OC(=O)C2CC3CC2C(C)C3C)CC2CCC1C2.[Ac]. The van der Waals surface area contributed by atoms with Crippen molar-refractivity contribution in [2.75, 3.05) is 39.6 Å². The van der Waals surface area contributed by atoms with Gasteiger partial charge in [-0.05, 0) is 376 Å². The van der Waals surface area contributed by atoms with E-state index >= 15 is 0 Å². The average Bonchev–Trinajstić information content (AvgIpc) is 1.61. The van der Waals surface area contributed by atoms with Crippen LogP contribution in [0.15, 0.2) is 0 Å². The average molecular weight is 2160 g/mol. The Bertz CT molecular complexity index is 3840. The van der Waals surface area contributed by atoms with E-state index in [1.165, 1.54) is 116 Å². The molecule has 783 valence electrons. The number of fused-ring (bicyclic) bond motifs is 18. The van der Waals surface area contributed by atoms with Crippen LogP contribution in [0.3, 0.4) is 0 Å². The smallest absolute Gasteiger partial charge is 0.317 e. The third-order valence-electron chi connectivity index (χ3n) is 45.3. The summed E-state index contributed by atoms with van der Waals surface area (Å²) in [6, 6.07) is 0. The Labute approximate surface area is 870 Å². The number of esters is 9. The molecule has 46 atom stereocenters. The fourth-order valence-corrected chi connectivity index (χ4v) is 34.4. The van der Waals surface area contributed by atoms with Gasteiger partial charge in [-0.1, -0.05) is 145 Å². The molecule has 22 nitrogen and oxygen atoms in total. The van der Waals surface area contributed by atoms with E-state index in [4.69, 9.17) is 42.6 Å². The Morgan fingerprint density at radius 2 is 0.612 bits per heavy atom. The summed E-state index contributed by atoms with van der Waals surface area (Å²) in [6.45, 7) is 50.3. The first-order chi connectivity index (χ1) is 65.7. The van der Waals surface area contributed by atoms with Gasteiger partial charge >= 0.3 is 53.7 Å². The van der Waals surface area contributed by atoms with Crippen LogP contribution in [0.5, 0.6) is 0 Å². The third kappa shape index (κ3) is 22.7. The van der Waals surface area contributed by atoms with Crippen LogP contribution in [-0.4, -0.2) is 140 Å². The summed E-state index contributed by atoms with van der Waals surface area (Å²) in [6.07, 6.45) is 37.6. The summed E-state index contributed by atoms with van der Waals surface area (Å²) in [7, 11) is 0. The van der Waals surface area contributed by atoms with Crippen molar-refractivity contribution in [3.63, 3.8) is 0 Å². The van der Waals surface area contributed by atoms with E-state index in [1.807, 2.05) is 0 Å². The van der Waals surface area contributed by atoms with Crippen LogP contribution in [0.1, 0.15) is 344 Å². The quantitative estimate of drug-likeness (QED) is 0.0853. The third-order valence-corrected chi connectivity index (χ3v) is 45.3. The van der Waals surface area contributed by atoms with Gasteiger partial charge in [-0.15, -0.1) is 0 Å². The number of hydrogen-bond donors (Lipinski definition) is 1. The van der Waals surface area contributed by atoms with E-state index in [0.717, 1.165) is 253 Å². The molecule has 0 aromatic carbocycles. The summed E-state index contributed by atoms with van der Waals surface area (Å²) in [5.74, 6) is 23.2. The summed E-state index contributed by atoms with van der Waals surface area (Å²) >= 11 is 0. The van der Waals surface area contributed by atoms with Gasteiger partial charge in [-0.3, -0.25) is 43.2 Å². The van der Waals surface area contributed by atoms with E-state index in [9.17, 15) is 48.3 Å². The number of carbonyl (C=O) groups is 9. The summed E-state index contributed by atoms with van der Waals surface area (Å²) in [5.41, 5.74) is -0.260. The van der Waals surface area contributed by atoms with Gasteiger partial charge in [0.05, 0.1) is 99.0 Å². The maximum atomic E-state index is 12.9. The molecule has 46 unspecified atom stereocenters. The van der Waals surface area contributed by atoms with Gasteiger partial charge in [-0.25, -0.2) is 0 Å². The Kier molecular flexibility index (Phi) is 36.6. The Morgan fingerprint density at radius 3 is 0.885 bits per heavy atom. The molecule has 0 amide bonds. The van der Waals surface area contributed by atoms with Gasteiger partial charge in [0.25, 0.3) is 0 Å². The molecule has 18 saturated carbocycles. The van der Waals surface area contributed by atoms with Crippen molar-refractivity contribution < 1.29 is 149 Å². The van der Waals surface area contributed by atoms with Gasteiger partial charge in [0, 0.05) is 62.8 Å². The normalized spacial score (nSPS) is 48.3. The standard InChI is InChI=1S/3C19H30O2.C16H28O3.C13H22O2.C12H20O2.3C6H8O3.Ac/c3*1-4-19(10-13-5-6-15(19)7-13)21-18(20)17-9-14-8-16(17)12(3)11(14)2;1-10-11(2)13-8-12(10)9-14(13)15(17)4-5-16-18-6-3-7-19-16;1-8-9(2)12-6-10(8)5-11(12)7-13-14-3-4-15-13;1-7-8(2)10-5-9(7)6-11(10)12-13-3-4-14-12;3*1-3-4(2)6(8)9-5(3)7;/h3*11-17H,4-10H2,1-3H3;10-17H,3-9H2,1-2H3;8-13H,3-7H2,1-2H3;7-12H,3-6H2,1-2H3;3*3-4H,1-2H3;. The molecule has 18 aliphatic carbocycles. The second-order valence-electron chi connectivity index (χ2n) is 51.0. The topological polar surface area (TPSA) is 285 Å². The molecule has 6 saturated heterocycles. The Morgan fingerprint density at radius 1 is 0.324 bits per heavy atom. The number of aliphatic hydroxyl groups excluding tert-OH is 1. The van der Waals surface area contributed by atoms with Crippen molar-refractivity contribution in [1.82, 2.24) is 0 Å². The van der Waals surface area contributed by atoms with E-state index in [1.54, 1.807) is 41.5 Å². The number of carbonyl (C=O) groups excluding carboxylic acids is 9. The second-order valence-corrected chi connectivity index (χ2v) is 51.0. The van der Waals surface area contributed by atoms with Gasteiger partial charge < -0.3 is 61.9 Å². The zero-order valence-electron chi connectivity index (χ0n) is 89.3. The monoisotopic (exact) mass is 2160 g/mol. The maximum absolute atomic E-state index is 12.9. The van der Waals surface area contributed by atoms with Crippen molar-refractivity contribution in [3.05, 3.63) is 0 Å². The van der Waals surface area contributed by atoms with Crippen molar-refractivity contribution in [1.29, 1.82) is 0 Å². The van der Waals surface area contributed by atoms with Gasteiger partial charge in [0.2, 0.25) is 0 Å². The molecule has 6 heterocycles. The predicted molar refractivity (Wildman–Crippen MR) is 522 cm³/mol. The van der Waals surface area contributed by atoms with Crippen LogP contribution in [0.4, 0.5) is 0 Å². The van der Waals surface area contributed by atoms with Crippen LogP contribution in [0.25, 0.3) is 0 Å². The van der Waals surface area contributed by atoms with Crippen molar-refractivity contribution in [2.45, 2.75) is 386 Å². The minimum Gasteiger partial charge on any atom is -0.459 e. The van der Waals surface area contributed by atoms with E-state index in [0.29, 0.717) is 65.1 Å². The predicted octanol–water partition coefficient (Wildman–Crippen LogP) is 22.1. The summed E-state index contributed by atoms with van der Waals surface area (Å²) in [4.78, 5) is 102. The largest absolute Gasteiger partial charge is 0.459 e. The van der Waals surface area contributed by atoms with Crippen LogP contribution in [0, 0.1) is 293 Å². The number of rotatable bonds is 16. The summed E-state index contributed by atoms with van der Waals surface area (Å²) < 4.78 is 65.3. The Hall–Kier alpha value is -3.01. The van der Waals surface area contributed by atoms with Crippen LogP contribution < -0.4 is 0 Å². The molecular weight excluding hydrogens is 1970 g/mol. The zero-order valence-corrected chi connectivity index (χ0v) is 94.1. The molecule has 139 heavy (non-hydrogen) atoms. The fourth-order valence-electron chi connectivity index (χ4n) is 34.4. The fraction of sp³-hybridized carbons (Fsp3) is 0.922.